The highest BCUT2D eigenvalue weighted by atomic mass is 16.5. The number of hydrogen-bond donors (Lipinski definition) is 1. The lowest BCUT2D eigenvalue weighted by Crippen LogP contribution is -2.16. The van der Waals surface area contributed by atoms with E-state index in [4.69, 9.17) is 4.74 Å². The van der Waals surface area contributed by atoms with E-state index < -0.39 is 0 Å². The summed E-state index contributed by atoms with van der Waals surface area (Å²) in [4.78, 5) is 0. The summed E-state index contributed by atoms with van der Waals surface area (Å²) >= 11 is 0. The summed E-state index contributed by atoms with van der Waals surface area (Å²) in [6, 6.07) is 2.82. The molecule has 1 aliphatic rings. The maximum Gasteiger partial charge on any atom is 0.0762 e. The first-order chi connectivity index (χ1) is 7.74. The van der Waals surface area contributed by atoms with E-state index in [1.165, 1.54) is 12.8 Å². The number of rotatable bonds is 7. The Morgan fingerprint density at radius 2 is 2.38 bits per heavy atom. The molecule has 0 radical (unpaired) electrons. The second-order valence-corrected chi connectivity index (χ2v) is 4.64. The van der Waals surface area contributed by atoms with Crippen LogP contribution >= 0.6 is 0 Å². The first-order valence-corrected chi connectivity index (χ1v) is 6.11. The fourth-order valence-corrected chi connectivity index (χ4v) is 1.54. The summed E-state index contributed by atoms with van der Waals surface area (Å²) < 4.78 is 7.44. The van der Waals surface area contributed by atoms with E-state index in [2.05, 4.69) is 16.5 Å². The molecule has 4 heteroatoms. The maximum atomic E-state index is 5.49. The fraction of sp³-hybridized carbons (Fsp3) is 0.750. The van der Waals surface area contributed by atoms with Crippen LogP contribution in [0.15, 0.2) is 12.3 Å². The molecule has 1 fully saturated rings. The van der Waals surface area contributed by atoms with Crippen molar-refractivity contribution in [1.82, 2.24) is 15.1 Å². The van der Waals surface area contributed by atoms with Crippen molar-refractivity contribution in [3.63, 3.8) is 0 Å². The lowest BCUT2D eigenvalue weighted by molar-refractivity contribution is 0.0709. The van der Waals surface area contributed by atoms with Gasteiger partial charge in [-0.25, -0.2) is 0 Å². The van der Waals surface area contributed by atoms with Gasteiger partial charge in [0.1, 0.15) is 0 Å². The zero-order chi connectivity index (χ0) is 11.4. The lowest BCUT2D eigenvalue weighted by Gasteiger charge is -2.07. The fourth-order valence-electron chi connectivity index (χ4n) is 1.54. The standard InChI is InChI=1S/C12H21N3O/c1-10(2)16-8-7-15-6-5-12(14-15)9-13-11-3-4-11/h5-6,10-11,13H,3-4,7-9H2,1-2H3. The van der Waals surface area contributed by atoms with E-state index in [0.717, 1.165) is 31.4 Å². The smallest absolute Gasteiger partial charge is 0.0762 e. The van der Waals surface area contributed by atoms with Crippen LogP contribution in [0.2, 0.25) is 0 Å². The largest absolute Gasteiger partial charge is 0.377 e. The third-order valence-corrected chi connectivity index (χ3v) is 2.62. The first kappa shape index (κ1) is 11.6. The maximum absolute atomic E-state index is 5.49. The molecule has 1 aromatic heterocycles. The monoisotopic (exact) mass is 223 g/mol. The summed E-state index contributed by atoms with van der Waals surface area (Å²) in [5, 5.41) is 7.93. The van der Waals surface area contributed by atoms with E-state index in [1.807, 2.05) is 24.7 Å². The van der Waals surface area contributed by atoms with Crippen molar-refractivity contribution < 1.29 is 4.74 Å². The minimum atomic E-state index is 0.298. The van der Waals surface area contributed by atoms with Crippen molar-refractivity contribution in [3.8, 4) is 0 Å². The SMILES string of the molecule is CC(C)OCCn1ccc(CNC2CC2)n1. The van der Waals surface area contributed by atoms with Gasteiger partial charge in [0.2, 0.25) is 0 Å². The Balaban J connectivity index is 1.68. The molecule has 1 N–H and O–H groups in total. The Hall–Kier alpha value is -0.870. The van der Waals surface area contributed by atoms with Crippen LogP contribution in [0.4, 0.5) is 0 Å². The summed E-state index contributed by atoms with van der Waals surface area (Å²) in [6.07, 6.45) is 4.96. The number of aromatic nitrogens is 2. The van der Waals surface area contributed by atoms with Crippen LogP contribution in [0.3, 0.4) is 0 Å². The summed E-state index contributed by atoms with van der Waals surface area (Å²) in [5.41, 5.74) is 1.12. The van der Waals surface area contributed by atoms with Gasteiger partial charge < -0.3 is 10.1 Å². The van der Waals surface area contributed by atoms with Crippen LogP contribution in [-0.4, -0.2) is 28.5 Å². The highest BCUT2D eigenvalue weighted by Gasteiger charge is 2.20. The molecule has 1 saturated carbocycles. The van der Waals surface area contributed by atoms with Crippen molar-refractivity contribution in [3.05, 3.63) is 18.0 Å². The molecule has 0 aromatic carbocycles. The van der Waals surface area contributed by atoms with Gasteiger partial charge in [0.25, 0.3) is 0 Å². The van der Waals surface area contributed by atoms with Crippen molar-refractivity contribution in [2.45, 2.75) is 51.9 Å². The Morgan fingerprint density at radius 3 is 3.06 bits per heavy atom. The van der Waals surface area contributed by atoms with Crippen molar-refractivity contribution in [2.24, 2.45) is 0 Å². The Morgan fingerprint density at radius 1 is 1.56 bits per heavy atom. The van der Waals surface area contributed by atoms with Gasteiger partial charge in [-0.1, -0.05) is 0 Å². The van der Waals surface area contributed by atoms with Crippen LogP contribution in [0.25, 0.3) is 0 Å². The van der Waals surface area contributed by atoms with Crippen molar-refractivity contribution in [1.29, 1.82) is 0 Å². The molecule has 0 spiro atoms. The number of hydrogen-bond acceptors (Lipinski definition) is 3. The minimum absolute atomic E-state index is 0.298. The van der Waals surface area contributed by atoms with Crippen LogP contribution in [0.5, 0.6) is 0 Å². The van der Waals surface area contributed by atoms with Gasteiger partial charge >= 0.3 is 0 Å². The second kappa shape index (κ2) is 5.46. The molecular formula is C12H21N3O. The first-order valence-electron chi connectivity index (χ1n) is 6.11. The molecule has 0 amide bonds. The van der Waals surface area contributed by atoms with Crippen LogP contribution < -0.4 is 5.32 Å². The van der Waals surface area contributed by atoms with Crippen molar-refractivity contribution >= 4 is 0 Å². The number of nitrogens with one attached hydrogen (secondary N) is 1. The molecule has 1 heterocycles. The molecule has 0 saturated heterocycles. The summed E-state index contributed by atoms with van der Waals surface area (Å²) in [5.74, 6) is 0. The molecule has 0 unspecified atom stereocenters. The van der Waals surface area contributed by atoms with Crippen LogP contribution in [0, 0.1) is 0 Å². The molecule has 2 rings (SSSR count). The van der Waals surface area contributed by atoms with E-state index in [0.29, 0.717) is 6.10 Å². The van der Waals surface area contributed by atoms with Gasteiger partial charge in [0, 0.05) is 18.8 Å². The average molecular weight is 223 g/mol. The van der Waals surface area contributed by atoms with Crippen molar-refractivity contribution in [2.75, 3.05) is 6.61 Å². The molecule has 90 valence electrons. The quantitative estimate of drug-likeness (QED) is 0.762. The van der Waals surface area contributed by atoms with Gasteiger partial charge in [-0.05, 0) is 32.8 Å². The van der Waals surface area contributed by atoms with Crippen LogP contribution in [0.1, 0.15) is 32.4 Å². The predicted octanol–water partition coefficient (Wildman–Crippen LogP) is 1.56. The molecule has 0 aliphatic heterocycles. The number of nitrogens with zero attached hydrogens (tertiary/aromatic N) is 2. The Labute approximate surface area is 97.0 Å². The Kier molecular flexibility index (Phi) is 3.96. The third kappa shape index (κ3) is 3.94. The molecular weight excluding hydrogens is 202 g/mol. The Bertz CT molecular complexity index is 318. The predicted molar refractivity (Wildman–Crippen MR) is 63.2 cm³/mol. The molecule has 0 atom stereocenters. The summed E-state index contributed by atoms with van der Waals surface area (Å²) in [7, 11) is 0. The summed E-state index contributed by atoms with van der Waals surface area (Å²) in [6.45, 7) is 6.56. The topological polar surface area (TPSA) is 39.1 Å². The van der Waals surface area contributed by atoms with Gasteiger partial charge in [0.15, 0.2) is 0 Å². The molecule has 0 bridgehead atoms. The van der Waals surface area contributed by atoms with Crippen LogP contribution in [-0.2, 0) is 17.8 Å². The van der Waals surface area contributed by atoms with E-state index in [1.54, 1.807) is 0 Å². The van der Waals surface area contributed by atoms with Gasteiger partial charge in [-0.15, -0.1) is 0 Å². The highest BCUT2D eigenvalue weighted by Crippen LogP contribution is 2.18. The number of ether oxygens (including phenoxy) is 1. The average Bonchev–Trinajstić information content (AvgIpc) is 2.96. The lowest BCUT2D eigenvalue weighted by atomic mass is 10.4. The van der Waals surface area contributed by atoms with E-state index in [-0.39, 0.29) is 0 Å². The second-order valence-electron chi connectivity index (χ2n) is 4.64. The van der Waals surface area contributed by atoms with E-state index >= 15 is 0 Å². The zero-order valence-electron chi connectivity index (χ0n) is 10.1. The highest BCUT2D eigenvalue weighted by molar-refractivity contribution is 4.99. The normalized spacial score (nSPS) is 15.9. The zero-order valence-corrected chi connectivity index (χ0v) is 10.1. The third-order valence-electron chi connectivity index (χ3n) is 2.62. The molecule has 16 heavy (non-hydrogen) atoms. The molecule has 1 aromatic rings. The van der Waals surface area contributed by atoms with E-state index in [9.17, 15) is 0 Å². The molecule has 1 aliphatic carbocycles. The van der Waals surface area contributed by atoms with Gasteiger partial charge in [-0.2, -0.15) is 5.10 Å². The molecule has 4 nitrogen and oxygen atoms in total. The minimum Gasteiger partial charge on any atom is -0.377 e. The van der Waals surface area contributed by atoms with Gasteiger partial charge in [-0.3, -0.25) is 4.68 Å². The van der Waals surface area contributed by atoms with Gasteiger partial charge in [0.05, 0.1) is 24.9 Å².